The SMILES string of the molecule is O=C(O)c1ccc(Nc2ncnc3ccc(I)cc23)cc1. The van der Waals surface area contributed by atoms with Crippen molar-refractivity contribution in [2.24, 2.45) is 0 Å². The number of nitrogens with one attached hydrogen (secondary N) is 1. The lowest BCUT2D eigenvalue weighted by Crippen LogP contribution is -1.98. The van der Waals surface area contributed by atoms with Gasteiger partial charge in [0.25, 0.3) is 0 Å². The number of carboxylic acids is 1. The van der Waals surface area contributed by atoms with Crippen LogP contribution in [0.1, 0.15) is 10.4 Å². The number of halogens is 1. The first-order chi connectivity index (χ1) is 10.1. The predicted octanol–water partition coefficient (Wildman–Crippen LogP) is 3.68. The molecule has 0 aliphatic rings. The summed E-state index contributed by atoms with van der Waals surface area (Å²) in [6.45, 7) is 0. The Morgan fingerprint density at radius 3 is 2.57 bits per heavy atom. The maximum atomic E-state index is 10.8. The molecular weight excluding hydrogens is 381 g/mol. The van der Waals surface area contributed by atoms with E-state index in [1.54, 1.807) is 24.3 Å². The number of nitrogens with zero attached hydrogens (tertiary/aromatic N) is 2. The maximum Gasteiger partial charge on any atom is 0.335 e. The predicted molar refractivity (Wildman–Crippen MR) is 88.9 cm³/mol. The Bertz CT molecular complexity index is 819. The van der Waals surface area contributed by atoms with E-state index in [0.717, 1.165) is 20.2 Å². The molecule has 0 aliphatic heterocycles. The van der Waals surface area contributed by atoms with Crippen molar-refractivity contribution in [1.29, 1.82) is 0 Å². The van der Waals surface area contributed by atoms with Crippen molar-refractivity contribution < 1.29 is 9.90 Å². The lowest BCUT2D eigenvalue weighted by atomic mass is 10.2. The van der Waals surface area contributed by atoms with Gasteiger partial charge in [0.15, 0.2) is 0 Å². The Morgan fingerprint density at radius 2 is 1.86 bits per heavy atom. The van der Waals surface area contributed by atoms with Gasteiger partial charge in [-0.3, -0.25) is 0 Å². The molecule has 0 radical (unpaired) electrons. The summed E-state index contributed by atoms with van der Waals surface area (Å²) in [6, 6.07) is 12.5. The van der Waals surface area contributed by atoms with E-state index >= 15 is 0 Å². The highest BCUT2D eigenvalue weighted by Gasteiger charge is 2.06. The number of aromatic carboxylic acids is 1. The monoisotopic (exact) mass is 391 g/mol. The third kappa shape index (κ3) is 2.94. The highest BCUT2D eigenvalue weighted by molar-refractivity contribution is 14.1. The quantitative estimate of drug-likeness (QED) is 0.667. The van der Waals surface area contributed by atoms with Crippen LogP contribution in [0.5, 0.6) is 0 Å². The fourth-order valence-electron chi connectivity index (χ4n) is 1.96. The summed E-state index contributed by atoms with van der Waals surface area (Å²) in [6.07, 6.45) is 1.50. The summed E-state index contributed by atoms with van der Waals surface area (Å²) in [5.74, 6) is -0.245. The molecule has 0 bridgehead atoms. The lowest BCUT2D eigenvalue weighted by molar-refractivity contribution is 0.0697. The zero-order valence-corrected chi connectivity index (χ0v) is 12.9. The average Bonchev–Trinajstić information content (AvgIpc) is 2.48. The van der Waals surface area contributed by atoms with Gasteiger partial charge in [0.05, 0.1) is 11.1 Å². The van der Waals surface area contributed by atoms with E-state index in [1.165, 1.54) is 6.33 Å². The van der Waals surface area contributed by atoms with E-state index in [0.29, 0.717) is 5.82 Å². The van der Waals surface area contributed by atoms with Gasteiger partial charge in [-0.2, -0.15) is 0 Å². The van der Waals surface area contributed by atoms with Gasteiger partial charge in [-0.15, -0.1) is 0 Å². The summed E-state index contributed by atoms with van der Waals surface area (Å²) in [4.78, 5) is 19.3. The molecule has 0 saturated heterocycles. The maximum absolute atomic E-state index is 10.8. The smallest absolute Gasteiger partial charge is 0.335 e. The van der Waals surface area contributed by atoms with Gasteiger partial charge in [-0.1, -0.05) is 0 Å². The molecule has 5 nitrogen and oxygen atoms in total. The Balaban J connectivity index is 1.97. The Hall–Kier alpha value is -2.22. The Kier molecular flexibility index (Phi) is 3.70. The molecule has 0 saturated carbocycles. The number of carbonyl (C=O) groups is 1. The summed E-state index contributed by atoms with van der Waals surface area (Å²) in [5.41, 5.74) is 1.89. The summed E-state index contributed by atoms with van der Waals surface area (Å²) < 4.78 is 1.10. The molecule has 0 amide bonds. The van der Waals surface area contributed by atoms with Gasteiger partial charge in [0.2, 0.25) is 0 Å². The number of fused-ring (bicyclic) bond motifs is 1. The zero-order valence-electron chi connectivity index (χ0n) is 10.7. The van der Waals surface area contributed by atoms with Crippen molar-refractivity contribution in [3.63, 3.8) is 0 Å². The first kappa shape index (κ1) is 13.7. The molecule has 6 heteroatoms. The van der Waals surface area contributed by atoms with Crippen molar-refractivity contribution in [2.75, 3.05) is 5.32 Å². The van der Waals surface area contributed by atoms with E-state index < -0.39 is 5.97 Å². The van der Waals surface area contributed by atoms with Crippen molar-refractivity contribution in [1.82, 2.24) is 9.97 Å². The second-order valence-corrected chi connectivity index (χ2v) is 5.64. The minimum Gasteiger partial charge on any atom is -0.478 e. The molecule has 0 unspecified atom stereocenters. The third-order valence-electron chi connectivity index (χ3n) is 2.99. The van der Waals surface area contributed by atoms with Crippen LogP contribution in [0.4, 0.5) is 11.5 Å². The molecule has 0 fully saturated rings. The van der Waals surface area contributed by atoms with Crippen LogP contribution >= 0.6 is 22.6 Å². The molecule has 3 rings (SSSR count). The molecule has 2 aromatic carbocycles. The van der Waals surface area contributed by atoms with Gasteiger partial charge in [-0.25, -0.2) is 14.8 Å². The molecule has 0 spiro atoms. The van der Waals surface area contributed by atoms with E-state index in [2.05, 4.69) is 37.9 Å². The standard InChI is InChI=1S/C15H10IN3O2/c16-10-3-6-13-12(7-10)14(18-8-17-13)19-11-4-1-9(2-5-11)15(20)21/h1-8H,(H,20,21)(H,17,18,19). The van der Waals surface area contributed by atoms with Crippen molar-refractivity contribution in [3.05, 3.63) is 57.9 Å². The largest absolute Gasteiger partial charge is 0.478 e. The molecule has 104 valence electrons. The fourth-order valence-corrected chi connectivity index (χ4v) is 2.45. The van der Waals surface area contributed by atoms with Crippen LogP contribution < -0.4 is 5.32 Å². The molecule has 1 heterocycles. The first-order valence-electron chi connectivity index (χ1n) is 6.14. The van der Waals surface area contributed by atoms with Gasteiger partial charge in [0, 0.05) is 14.6 Å². The Morgan fingerprint density at radius 1 is 1.10 bits per heavy atom. The third-order valence-corrected chi connectivity index (χ3v) is 3.66. The molecule has 2 N–H and O–H groups in total. The topological polar surface area (TPSA) is 75.1 Å². The number of benzene rings is 2. The lowest BCUT2D eigenvalue weighted by Gasteiger charge is -2.08. The van der Waals surface area contributed by atoms with Gasteiger partial charge < -0.3 is 10.4 Å². The number of rotatable bonds is 3. The summed E-state index contributed by atoms with van der Waals surface area (Å²) >= 11 is 2.24. The second kappa shape index (κ2) is 5.65. The normalized spacial score (nSPS) is 10.5. The van der Waals surface area contributed by atoms with Gasteiger partial charge in [0.1, 0.15) is 12.1 Å². The summed E-state index contributed by atoms with van der Waals surface area (Å²) in [7, 11) is 0. The number of hydrogen-bond donors (Lipinski definition) is 2. The second-order valence-electron chi connectivity index (χ2n) is 4.39. The van der Waals surface area contributed by atoms with Crippen LogP contribution in [0.25, 0.3) is 10.9 Å². The highest BCUT2D eigenvalue weighted by Crippen LogP contribution is 2.24. The molecule has 21 heavy (non-hydrogen) atoms. The molecular formula is C15H10IN3O2. The van der Waals surface area contributed by atoms with Crippen molar-refractivity contribution in [2.45, 2.75) is 0 Å². The molecule has 0 aliphatic carbocycles. The highest BCUT2D eigenvalue weighted by atomic mass is 127. The number of hydrogen-bond acceptors (Lipinski definition) is 4. The zero-order chi connectivity index (χ0) is 14.8. The van der Waals surface area contributed by atoms with Crippen LogP contribution in [-0.2, 0) is 0 Å². The summed E-state index contributed by atoms with van der Waals surface area (Å²) in [5, 5.41) is 13.0. The van der Waals surface area contributed by atoms with Gasteiger partial charge >= 0.3 is 5.97 Å². The molecule has 3 aromatic rings. The van der Waals surface area contributed by atoms with Crippen LogP contribution in [0, 0.1) is 3.57 Å². The van der Waals surface area contributed by atoms with Crippen LogP contribution in [0.3, 0.4) is 0 Å². The van der Waals surface area contributed by atoms with Crippen LogP contribution in [-0.4, -0.2) is 21.0 Å². The number of aromatic nitrogens is 2. The van der Waals surface area contributed by atoms with Crippen LogP contribution in [0.15, 0.2) is 48.8 Å². The first-order valence-corrected chi connectivity index (χ1v) is 7.22. The number of carboxylic acid groups (broad SMARTS) is 1. The Labute approximate surface area is 134 Å². The van der Waals surface area contributed by atoms with Crippen molar-refractivity contribution >= 4 is 51.0 Å². The number of anilines is 2. The van der Waals surface area contributed by atoms with E-state index in [9.17, 15) is 4.79 Å². The molecule has 1 aromatic heterocycles. The van der Waals surface area contributed by atoms with E-state index in [1.807, 2.05) is 18.2 Å². The van der Waals surface area contributed by atoms with Crippen molar-refractivity contribution in [3.8, 4) is 0 Å². The molecule has 0 atom stereocenters. The fraction of sp³-hybridized carbons (Fsp3) is 0. The van der Waals surface area contributed by atoms with Crippen LogP contribution in [0.2, 0.25) is 0 Å². The minimum atomic E-state index is -0.941. The van der Waals surface area contributed by atoms with Gasteiger partial charge in [-0.05, 0) is 65.1 Å². The average molecular weight is 391 g/mol. The van der Waals surface area contributed by atoms with E-state index in [4.69, 9.17) is 5.11 Å². The minimum absolute atomic E-state index is 0.252. The van der Waals surface area contributed by atoms with E-state index in [-0.39, 0.29) is 5.56 Å².